The molecule has 0 aliphatic carbocycles. The molecule has 8 heteroatoms. The molecular formula is C21H24Cl3N3OS. The van der Waals surface area contributed by atoms with E-state index in [0.29, 0.717) is 5.56 Å². The highest BCUT2D eigenvalue weighted by Crippen LogP contribution is 2.30. The highest BCUT2D eigenvalue weighted by molar-refractivity contribution is 7.80. The molecule has 0 fully saturated rings. The van der Waals surface area contributed by atoms with Crippen LogP contribution in [0.1, 0.15) is 40.9 Å². The van der Waals surface area contributed by atoms with Gasteiger partial charge in [-0.1, -0.05) is 85.0 Å². The number of thiocarbonyl (C=S) groups is 1. The van der Waals surface area contributed by atoms with E-state index in [1.54, 1.807) is 12.1 Å². The van der Waals surface area contributed by atoms with E-state index in [2.05, 4.69) is 29.8 Å². The first kappa shape index (κ1) is 23.7. The average Bonchev–Trinajstić information content (AvgIpc) is 2.67. The lowest BCUT2D eigenvalue weighted by molar-refractivity contribution is 0.0934. The molecule has 0 radical (unpaired) electrons. The number of hydrogen-bond acceptors (Lipinski definition) is 2. The molecule has 0 heterocycles. The van der Waals surface area contributed by atoms with Crippen molar-refractivity contribution >= 4 is 63.7 Å². The minimum atomic E-state index is -1.82. The number of nitrogens with one attached hydrogen (secondary N) is 3. The summed E-state index contributed by atoms with van der Waals surface area (Å²) >= 11 is 23.7. The van der Waals surface area contributed by atoms with Crippen LogP contribution in [0.4, 0.5) is 5.69 Å². The SMILES string of the molecule is CCc1cccc(CC)c1NC(=S)NC(NC(=O)c1ccccc1C)C(Cl)(Cl)Cl. The van der Waals surface area contributed by atoms with Crippen LogP contribution in [0.3, 0.4) is 0 Å². The summed E-state index contributed by atoms with van der Waals surface area (Å²) in [6, 6.07) is 13.3. The van der Waals surface area contributed by atoms with Crippen LogP contribution < -0.4 is 16.0 Å². The zero-order valence-electron chi connectivity index (χ0n) is 16.5. The number of aryl methyl sites for hydroxylation is 3. The third-order valence-corrected chi connectivity index (χ3v) is 5.38. The normalized spacial score (nSPS) is 12.2. The summed E-state index contributed by atoms with van der Waals surface area (Å²) in [7, 11) is 0. The molecule has 0 aromatic heterocycles. The quantitative estimate of drug-likeness (QED) is 0.294. The van der Waals surface area contributed by atoms with Gasteiger partial charge in [0.15, 0.2) is 5.11 Å². The van der Waals surface area contributed by atoms with Crippen molar-refractivity contribution in [3.63, 3.8) is 0 Å². The maximum absolute atomic E-state index is 12.7. The van der Waals surface area contributed by atoms with Gasteiger partial charge in [0, 0.05) is 11.3 Å². The van der Waals surface area contributed by atoms with E-state index in [-0.39, 0.29) is 11.0 Å². The van der Waals surface area contributed by atoms with Crippen LogP contribution >= 0.6 is 47.0 Å². The molecule has 0 aliphatic heterocycles. The van der Waals surface area contributed by atoms with E-state index in [4.69, 9.17) is 47.0 Å². The lowest BCUT2D eigenvalue weighted by Crippen LogP contribution is -2.56. The maximum Gasteiger partial charge on any atom is 0.253 e. The summed E-state index contributed by atoms with van der Waals surface area (Å²) in [5.41, 5.74) is 4.50. The first-order chi connectivity index (χ1) is 13.7. The molecule has 1 unspecified atom stereocenters. The van der Waals surface area contributed by atoms with E-state index < -0.39 is 9.96 Å². The van der Waals surface area contributed by atoms with Crippen LogP contribution in [0.5, 0.6) is 0 Å². The predicted octanol–water partition coefficient (Wildman–Crippen LogP) is 5.53. The first-order valence-corrected chi connectivity index (χ1v) is 10.8. The molecule has 0 aliphatic rings. The van der Waals surface area contributed by atoms with Crippen molar-refractivity contribution in [3.05, 3.63) is 64.7 Å². The molecule has 3 N–H and O–H groups in total. The van der Waals surface area contributed by atoms with Gasteiger partial charge in [0.1, 0.15) is 6.17 Å². The van der Waals surface area contributed by atoms with Crippen LogP contribution in [-0.4, -0.2) is 21.0 Å². The fourth-order valence-electron chi connectivity index (χ4n) is 2.92. The zero-order valence-corrected chi connectivity index (χ0v) is 19.6. The Hall–Kier alpha value is -1.53. The predicted molar refractivity (Wildman–Crippen MR) is 127 cm³/mol. The molecule has 2 aromatic carbocycles. The largest absolute Gasteiger partial charge is 0.339 e. The number of anilines is 1. The number of hydrogen-bond donors (Lipinski definition) is 3. The molecule has 0 spiro atoms. The molecule has 0 bridgehead atoms. The van der Waals surface area contributed by atoms with Crippen molar-refractivity contribution in [2.24, 2.45) is 0 Å². The van der Waals surface area contributed by atoms with Crippen LogP contribution in [0, 0.1) is 6.92 Å². The molecule has 2 aromatic rings. The van der Waals surface area contributed by atoms with E-state index in [1.165, 1.54) is 0 Å². The fraction of sp³-hybridized carbons (Fsp3) is 0.333. The number of halogens is 3. The Kier molecular flexibility index (Phi) is 8.58. The van der Waals surface area contributed by atoms with Crippen molar-refractivity contribution in [1.29, 1.82) is 0 Å². The number of rotatable bonds is 6. The number of para-hydroxylation sites is 1. The first-order valence-electron chi connectivity index (χ1n) is 9.28. The number of amides is 1. The number of benzene rings is 2. The summed E-state index contributed by atoms with van der Waals surface area (Å²) in [5.74, 6) is -0.363. The molecule has 1 amide bonds. The Bertz CT molecular complexity index is 861. The van der Waals surface area contributed by atoms with E-state index in [1.807, 2.05) is 37.3 Å². The third-order valence-electron chi connectivity index (χ3n) is 4.51. The summed E-state index contributed by atoms with van der Waals surface area (Å²) in [6.07, 6.45) is 0.659. The molecule has 2 rings (SSSR count). The van der Waals surface area contributed by atoms with Gasteiger partial charge in [-0.05, 0) is 54.7 Å². The molecule has 29 heavy (non-hydrogen) atoms. The topological polar surface area (TPSA) is 53.2 Å². The van der Waals surface area contributed by atoms with Crippen LogP contribution in [-0.2, 0) is 12.8 Å². The van der Waals surface area contributed by atoms with Gasteiger partial charge in [0.25, 0.3) is 5.91 Å². The van der Waals surface area contributed by atoms with Gasteiger partial charge in [-0.15, -0.1) is 0 Å². The number of carbonyl (C=O) groups is 1. The van der Waals surface area contributed by atoms with Gasteiger partial charge < -0.3 is 16.0 Å². The van der Waals surface area contributed by atoms with Crippen LogP contribution in [0.25, 0.3) is 0 Å². The minimum Gasteiger partial charge on any atom is -0.339 e. The average molecular weight is 473 g/mol. The Labute approximate surface area is 192 Å². The summed E-state index contributed by atoms with van der Waals surface area (Å²) in [6.45, 7) is 5.98. The second-order valence-electron chi connectivity index (χ2n) is 6.52. The number of carbonyl (C=O) groups excluding carboxylic acids is 1. The van der Waals surface area contributed by atoms with Crippen molar-refractivity contribution in [3.8, 4) is 0 Å². The highest BCUT2D eigenvalue weighted by Gasteiger charge is 2.35. The second-order valence-corrected chi connectivity index (χ2v) is 9.30. The molecule has 0 saturated carbocycles. The Morgan fingerprint density at radius 3 is 2.10 bits per heavy atom. The van der Waals surface area contributed by atoms with Gasteiger partial charge in [0.05, 0.1) is 0 Å². The fourth-order valence-corrected chi connectivity index (χ4v) is 3.47. The summed E-state index contributed by atoms with van der Waals surface area (Å²) < 4.78 is -1.82. The van der Waals surface area contributed by atoms with Crippen LogP contribution in [0.2, 0.25) is 0 Å². The minimum absolute atomic E-state index is 0.252. The zero-order chi connectivity index (χ0) is 21.6. The van der Waals surface area contributed by atoms with Crippen molar-refractivity contribution < 1.29 is 4.79 Å². The van der Waals surface area contributed by atoms with Crippen LogP contribution in [0.15, 0.2) is 42.5 Å². The van der Waals surface area contributed by atoms with Gasteiger partial charge in [0.2, 0.25) is 3.79 Å². The van der Waals surface area contributed by atoms with Crippen molar-refractivity contribution in [2.45, 2.75) is 43.6 Å². The van der Waals surface area contributed by atoms with Gasteiger partial charge in [-0.3, -0.25) is 4.79 Å². The number of alkyl halides is 3. The van der Waals surface area contributed by atoms with E-state index >= 15 is 0 Å². The van der Waals surface area contributed by atoms with E-state index in [9.17, 15) is 4.79 Å². The second kappa shape index (κ2) is 10.5. The summed E-state index contributed by atoms with van der Waals surface area (Å²) in [5, 5.41) is 9.09. The van der Waals surface area contributed by atoms with Crippen molar-refractivity contribution in [1.82, 2.24) is 10.6 Å². The summed E-state index contributed by atoms with van der Waals surface area (Å²) in [4.78, 5) is 12.7. The molecule has 1 atom stereocenters. The standard InChI is InChI=1S/C21H24Cl3N3OS/c1-4-14-10-8-11-15(5-2)17(14)25-20(29)27-19(21(22,23)24)26-18(28)16-12-7-6-9-13(16)3/h6-12,19H,4-5H2,1-3H3,(H,26,28)(H2,25,27,29). The lowest BCUT2D eigenvalue weighted by Gasteiger charge is -2.28. The molecule has 4 nitrogen and oxygen atoms in total. The van der Waals surface area contributed by atoms with Gasteiger partial charge in [-0.2, -0.15) is 0 Å². The monoisotopic (exact) mass is 471 g/mol. The molecule has 156 valence electrons. The molecular weight excluding hydrogens is 449 g/mol. The smallest absolute Gasteiger partial charge is 0.253 e. The highest BCUT2D eigenvalue weighted by atomic mass is 35.6. The Balaban J connectivity index is 2.18. The Morgan fingerprint density at radius 2 is 1.59 bits per heavy atom. The van der Waals surface area contributed by atoms with Crippen molar-refractivity contribution in [2.75, 3.05) is 5.32 Å². The Morgan fingerprint density at radius 1 is 1.00 bits per heavy atom. The third kappa shape index (κ3) is 6.48. The molecule has 0 saturated heterocycles. The lowest BCUT2D eigenvalue weighted by atomic mass is 10.0. The van der Waals surface area contributed by atoms with Gasteiger partial charge in [-0.25, -0.2) is 0 Å². The van der Waals surface area contributed by atoms with Gasteiger partial charge >= 0.3 is 0 Å². The maximum atomic E-state index is 12.7. The van der Waals surface area contributed by atoms with E-state index in [0.717, 1.165) is 35.2 Å².